The Kier molecular flexibility index (Phi) is 6.21. The molecule has 0 amide bonds. The van der Waals surface area contributed by atoms with E-state index in [9.17, 15) is 20.2 Å². The lowest BCUT2D eigenvalue weighted by molar-refractivity contribution is -0.394. The van der Waals surface area contributed by atoms with E-state index < -0.39 is 9.85 Å². The first-order valence-electron chi connectivity index (χ1n) is 5.69. The summed E-state index contributed by atoms with van der Waals surface area (Å²) in [6, 6.07) is 11.6. The van der Waals surface area contributed by atoms with E-state index in [1.165, 1.54) is 18.2 Å². The number of nitro benzene ring substituents is 2. The van der Waals surface area contributed by atoms with Gasteiger partial charge in [0, 0.05) is 12.1 Å². The standard InChI is InChI=1S/C6H5ClN3.C6H4N2O4/c7-5-3-1-2-4-6(5)9-10-8;9-7(10)5-2-1-3-6(4-5)8(11)12/h1-4,9H;1-4H/q+1;. The van der Waals surface area contributed by atoms with Gasteiger partial charge < -0.3 is 0 Å². The van der Waals surface area contributed by atoms with Crippen LogP contribution < -0.4 is 5.43 Å². The highest BCUT2D eigenvalue weighted by Gasteiger charge is 2.11. The average Bonchev–Trinajstić information content (AvgIpc) is 2.50. The lowest BCUT2D eigenvalue weighted by Crippen LogP contribution is -1.91. The maximum atomic E-state index is 10.2. The van der Waals surface area contributed by atoms with Gasteiger partial charge in [-0.3, -0.25) is 20.2 Å². The van der Waals surface area contributed by atoms with Crippen molar-refractivity contribution in [2.45, 2.75) is 0 Å². The zero-order valence-electron chi connectivity index (χ0n) is 10.9. The van der Waals surface area contributed by atoms with Crippen LogP contribution in [0.3, 0.4) is 0 Å². The number of halogens is 1. The van der Waals surface area contributed by atoms with Gasteiger partial charge in [-0.15, -0.1) is 0 Å². The highest BCUT2D eigenvalue weighted by Crippen LogP contribution is 2.20. The van der Waals surface area contributed by atoms with Crippen LogP contribution in [0.15, 0.2) is 48.5 Å². The van der Waals surface area contributed by atoms with Crippen molar-refractivity contribution in [1.82, 2.24) is 0 Å². The Bertz CT molecular complexity index is 702. The number of nitrogens with one attached hydrogen (secondary N) is 1. The largest absolute Gasteiger partial charge is 0.308 e. The van der Waals surface area contributed by atoms with Crippen LogP contribution in [0, 0.1) is 25.6 Å². The molecule has 0 unspecified atom stereocenters. The molecule has 1 N–H and O–H groups in total. The van der Waals surface area contributed by atoms with E-state index >= 15 is 0 Å². The van der Waals surface area contributed by atoms with E-state index in [2.05, 4.69) is 10.5 Å². The monoisotopic (exact) mass is 322 g/mol. The summed E-state index contributed by atoms with van der Waals surface area (Å²) in [5, 5.41) is 31.7. The van der Waals surface area contributed by atoms with Crippen LogP contribution in [0.4, 0.5) is 17.1 Å². The topological polar surface area (TPSA) is 126 Å². The number of hydrogen-bond donors (Lipinski definition) is 1. The van der Waals surface area contributed by atoms with E-state index in [1.54, 1.807) is 24.3 Å². The molecule has 0 bridgehead atoms. The van der Waals surface area contributed by atoms with Crippen molar-refractivity contribution >= 4 is 28.7 Å². The van der Waals surface area contributed by atoms with Crippen molar-refractivity contribution in [3.63, 3.8) is 0 Å². The number of nitro groups is 2. The number of diazo groups is 1. The van der Waals surface area contributed by atoms with Crippen LogP contribution in [0.1, 0.15) is 0 Å². The van der Waals surface area contributed by atoms with Gasteiger partial charge in [-0.2, -0.15) is 0 Å². The minimum atomic E-state index is -0.674. The highest BCUT2D eigenvalue weighted by atomic mass is 35.5. The molecule has 22 heavy (non-hydrogen) atoms. The molecule has 10 heteroatoms. The Hall–Kier alpha value is -3.25. The summed E-state index contributed by atoms with van der Waals surface area (Å²) in [4.78, 5) is 19.0. The summed E-state index contributed by atoms with van der Waals surface area (Å²) in [6.07, 6.45) is 0. The summed E-state index contributed by atoms with van der Waals surface area (Å²) in [5.41, 5.74) is 2.37. The molecule has 112 valence electrons. The van der Waals surface area contributed by atoms with Crippen LogP contribution in [-0.2, 0) is 0 Å². The molecule has 0 atom stereocenters. The molecule has 2 rings (SSSR count). The summed E-state index contributed by atoms with van der Waals surface area (Å²) >= 11 is 5.67. The summed E-state index contributed by atoms with van der Waals surface area (Å²) in [7, 11) is 0. The third-order valence-corrected chi connectivity index (χ3v) is 2.63. The quantitative estimate of drug-likeness (QED) is 0.516. The number of nitrogens with zero attached hydrogens (tertiary/aromatic N) is 4. The zero-order chi connectivity index (χ0) is 16.5. The number of rotatable bonds is 3. The minimum absolute atomic E-state index is 0.274. The van der Waals surface area contributed by atoms with Gasteiger partial charge in [0.1, 0.15) is 5.69 Å². The van der Waals surface area contributed by atoms with Crippen molar-refractivity contribution in [2.24, 2.45) is 0 Å². The maximum absolute atomic E-state index is 10.2. The summed E-state index contributed by atoms with van der Waals surface area (Å²) in [5.74, 6) is 0. The van der Waals surface area contributed by atoms with Crippen molar-refractivity contribution in [3.8, 4) is 0 Å². The Morgan fingerprint density at radius 3 is 2.00 bits per heavy atom. The molecule has 0 aliphatic heterocycles. The first-order chi connectivity index (χ1) is 10.5. The van der Waals surface area contributed by atoms with Gasteiger partial charge in [0.15, 0.2) is 0 Å². The molecule has 2 aromatic rings. The minimum Gasteiger partial charge on any atom is -0.258 e. The summed E-state index contributed by atoms with van der Waals surface area (Å²) < 4.78 is 0. The van der Waals surface area contributed by atoms with Crippen molar-refractivity contribution in [2.75, 3.05) is 5.43 Å². The molecule has 2 aromatic carbocycles. The molecule has 9 nitrogen and oxygen atoms in total. The molecule has 0 radical (unpaired) electrons. The van der Waals surface area contributed by atoms with Crippen molar-refractivity contribution < 1.29 is 9.85 Å². The number of non-ortho nitro benzene ring substituents is 2. The van der Waals surface area contributed by atoms with Gasteiger partial charge in [-0.05, 0) is 23.6 Å². The number of anilines is 1. The van der Waals surface area contributed by atoms with Gasteiger partial charge in [0.25, 0.3) is 16.8 Å². The number of hydrogen-bond acceptors (Lipinski definition) is 6. The molecule has 0 aromatic heterocycles. The van der Waals surface area contributed by atoms with Crippen molar-refractivity contribution in [1.29, 1.82) is 5.39 Å². The first kappa shape index (κ1) is 16.8. The predicted molar refractivity (Wildman–Crippen MR) is 79.9 cm³/mol. The predicted octanol–water partition coefficient (Wildman–Crippen LogP) is 4.02. The molecule has 0 fully saturated rings. The molecule has 0 heterocycles. The van der Waals surface area contributed by atoms with Gasteiger partial charge in [-0.25, -0.2) is 0 Å². The van der Waals surface area contributed by atoms with Crippen LogP contribution in [-0.4, -0.2) is 9.85 Å². The van der Waals surface area contributed by atoms with E-state index in [0.29, 0.717) is 10.7 Å². The highest BCUT2D eigenvalue weighted by molar-refractivity contribution is 6.33. The third-order valence-electron chi connectivity index (χ3n) is 2.30. The Labute approximate surface area is 129 Å². The fourth-order valence-corrected chi connectivity index (χ4v) is 1.50. The van der Waals surface area contributed by atoms with Gasteiger partial charge in [0.05, 0.1) is 20.9 Å². The Morgan fingerprint density at radius 2 is 1.55 bits per heavy atom. The molecule has 0 saturated heterocycles. The summed E-state index contributed by atoms with van der Waals surface area (Å²) in [6.45, 7) is 0. The fraction of sp³-hybridized carbons (Fsp3) is 0. The maximum Gasteiger partial charge on any atom is 0.308 e. The van der Waals surface area contributed by atoms with E-state index in [4.69, 9.17) is 17.0 Å². The van der Waals surface area contributed by atoms with Crippen molar-refractivity contribution in [3.05, 3.63) is 78.9 Å². The first-order valence-corrected chi connectivity index (χ1v) is 6.07. The van der Waals surface area contributed by atoms with E-state index in [1.807, 2.05) is 0 Å². The molecular weight excluding hydrogens is 314 g/mol. The Morgan fingerprint density at radius 1 is 1.00 bits per heavy atom. The normalized spacial score (nSPS) is 8.91. The molecule has 0 spiro atoms. The second-order valence-electron chi connectivity index (χ2n) is 3.73. The second kappa shape index (κ2) is 8.13. The molecular formula is C12H9ClN5O4+. The van der Waals surface area contributed by atoms with Crippen LogP contribution in [0.2, 0.25) is 5.02 Å². The Balaban J connectivity index is 0.000000224. The molecule has 0 saturated carbocycles. The number of para-hydroxylation sites is 1. The number of benzene rings is 2. The lowest BCUT2D eigenvalue weighted by Gasteiger charge is -1.90. The molecule has 0 aliphatic rings. The van der Waals surface area contributed by atoms with Gasteiger partial charge in [0.2, 0.25) is 0 Å². The van der Waals surface area contributed by atoms with Gasteiger partial charge in [-0.1, -0.05) is 23.7 Å². The van der Waals surface area contributed by atoms with Gasteiger partial charge >= 0.3 is 5.08 Å². The van der Waals surface area contributed by atoms with E-state index in [0.717, 1.165) is 6.07 Å². The smallest absolute Gasteiger partial charge is 0.258 e. The third kappa shape index (κ3) is 5.03. The SMILES string of the molecule is N#[N+]Nc1ccccc1Cl.O=[N+]([O-])c1cccc([N+](=O)[O-])c1. The fourth-order valence-electron chi connectivity index (χ4n) is 1.33. The van der Waals surface area contributed by atoms with Crippen LogP contribution in [0.5, 0.6) is 0 Å². The zero-order valence-corrected chi connectivity index (χ0v) is 11.7. The van der Waals surface area contributed by atoms with E-state index in [-0.39, 0.29) is 11.4 Å². The van der Waals surface area contributed by atoms with Crippen LogP contribution >= 0.6 is 11.6 Å². The average molecular weight is 323 g/mol. The molecule has 0 aliphatic carbocycles. The van der Waals surface area contributed by atoms with Crippen LogP contribution in [0.25, 0.3) is 5.08 Å². The second-order valence-corrected chi connectivity index (χ2v) is 4.13. The lowest BCUT2D eigenvalue weighted by atomic mass is 10.3.